The first-order valence-corrected chi connectivity index (χ1v) is 7.17. The van der Waals surface area contributed by atoms with Crippen molar-refractivity contribution >= 4 is 40.5 Å². The lowest BCUT2D eigenvalue weighted by molar-refractivity contribution is 0.102. The van der Waals surface area contributed by atoms with Crippen LogP contribution in [0.3, 0.4) is 0 Å². The molecule has 108 valence electrons. The van der Waals surface area contributed by atoms with Crippen LogP contribution in [-0.2, 0) is 0 Å². The van der Waals surface area contributed by atoms with Crippen LogP contribution in [0, 0.1) is 0 Å². The van der Waals surface area contributed by atoms with Crippen molar-refractivity contribution in [1.29, 1.82) is 0 Å². The summed E-state index contributed by atoms with van der Waals surface area (Å²) in [6.07, 6.45) is 0. The number of halogens is 2. The second-order valence-corrected chi connectivity index (χ2v) is 5.35. The van der Waals surface area contributed by atoms with Crippen molar-refractivity contribution in [2.24, 2.45) is 0 Å². The topological polar surface area (TPSA) is 50.4 Å². The molecule has 1 heterocycles. The van der Waals surface area contributed by atoms with Crippen molar-refractivity contribution in [1.82, 2.24) is 0 Å². The van der Waals surface area contributed by atoms with Gasteiger partial charge in [0.25, 0.3) is 5.91 Å². The van der Waals surface area contributed by atoms with Gasteiger partial charge in [0.2, 0.25) is 0 Å². The number of nitrogens with one attached hydrogen (secondary N) is 2. The van der Waals surface area contributed by atoms with Gasteiger partial charge in [-0.25, -0.2) is 0 Å². The molecule has 0 spiro atoms. The lowest BCUT2D eigenvalue weighted by Gasteiger charge is -2.21. The molecule has 1 aliphatic heterocycles. The maximum Gasteiger partial charge on any atom is 0.259 e. The van der Waals surface area contributed by atoms with E-state index in [2.05, 4.69) is 10.6 Å². The number of anilines is 2. The summed E-state index contributed by atoms with van der Waals surface area (Å²) >= 11 is 11.8. The van der Waals surface area contributed by atoms with E-state index in [1.165, 1.54) is 0 Å². The van der Waals surface area contributed by atoms with E-state index in [4.69, 9.17) is 27.9 Å². The van der Waals surface area contributed by atoms with E-state index in [0.717, 1.165) is 12.2 Å². The third-order valence-electron chi connectivity index (χ3n) is 3.10. The van der Waals surface area contributed by atoms with Gasteiger partial charge in [-0.3, -0.25) is 4.79 Å². The molecule has 1 aliphatic rings. The molecule has 1 amide bonds. The molecule has 0 aliphatic carbocycles. The molecule has 0 saturated carbocycles. The minimum absolute atomic E-state index is 0.256. The molecule has 0 saturated heterocycles. The Hall–Kier alpha value is -1.91. The molecule has 21 heavy (non-hydrogen) atoms. The molecule has 0 fully saturated rings. The van der Waals surface area contributed by atoms with E-state index in [-0.39, 0.29) is 5.91 Å². The van der Waals surface area contributed by atoms with Crippen LogP contribution >= 0.6 is 23.2 Å². The minimum Gasteiger partial charge on any atom is -0.489 e. The Kier molecular flexibility index (Phi) is 3.90. The molecule has 6 heteroatoms. The van der Waals surface area contributed by atoms with Crippen molar-refractivity contribution in [3.05, 3.63) is 52.0 Å². The maximum atomic E-state index is 12.4. The summed E-state index contributed by atoms with van der Waals surface area (Å²) in [4.78, 5) is 12.4. The number of fused-ring (bicyclic) bond motifs is 1. The Labute approximate surface area is 132 Å². The predicted octanol–water partition coefficient (Wildman–Crippen LogP) is 4.05. The van der Waals surface area contributed by atoms with Crippen LogP contribution in [0.2, 0.25) is 10.0 Å². The van der Waals surface area contributed by atoms with E-state index >= 15 is 0 Å². The number of carbonyl (C=O) groups excluding carboxylic acids is 1. The highest BCUT2D eigenvalue weighted by molar-refractivity contribution is 6.42. The Bertz CT molecular complexity index is 704. The quantitative estimate of drug-likeness (QED) is 0.876. The van der Waals surface area contributed by atoms with Crippen LogP contribution < -0.4 is 15.4 Å². The molecule has 2 aromatic rings. The van der Waals surface area contributed by atoms with Crippen molar-refractivity contribution in [2.45, 2.75) is 0 Å². The Morgan fingerprint density at radius 3 is 2.86 bits per heavy atom. The Morgan fingerprint density at radius 2 is 2.05 bits per heavy atom. The van der Waals surface area contributed by atoms with E-state index < -0.39 is 0 Å². The lowest BCUT2D eigenvalue weighted by Crippen LogP contribution is -2.21. The third kappa shape index (κ3) is 2.91. The van der Waals surface area contributed by atoms with E-state index in [1.807, 2.05) is 12.1 Å². The number of amides is 1. The first kappa shape index (κ1) is 14.0. The number of benzene rings is 2. The molecule has 3 rings (SSSR count). The van der Waals surface area contributed by atoms with Crippen LogP contribution in [0.5, 0.6) is 5.75 Å². The van der Waals surface area contributed by atoms with Gasteiger partial charge in [0.1, 0.15) is 6.61 Å². The lowest BCUT2D eigenvalue weighted by atomic mass is 10.1. The fourth-order valence-corrected chi connectivity index (χ4v) is 2.42. The summed E-state index contributed by atoms with van der Waals surface area (Å²) in [5.41, 5.74) is 1.88. The Balaban J connectivity index is 1.87. The molecule has 2 aromatic carbocycles. The van der Waals surface area contributed by atoms with E-state index in [1.54, 1.807) is 24.3 Å². The van der Waals surface area contributed by atoms with Crippen LogP contribution in [-0.4, -0.2) is 19.1 Å². The number of rotatable bonds is 2. The number of para-hydroxylation sites is 1. The summed E-state index contributed by atoms with van der Waals surface area (Å²) in [7, 11) is 0. The molecule has 0 unspecified atom stereocenters. The van der Waals surface area contributed by atoms with E-state index in [9.17, 15) is 4.79 Å². The molecule has 0 radical (unpaired) electrons. The van der Waals surface area contributed by atoms with Gasteiger partial charge in [0.05, 0.1) is 21.3 Å². The highest BCUT2D eigenvalue weighted by atomic mass is 35.5. The fraction of sp³-hybridized carbons (Fsp3) is 0.133. The second-order valence-electron chi connectivity index (χ2n) is 4.54. The molecule has 4 nitrogen and oxygen atoms in total. The zero-order valence-corrected chi connectivity index (χ0v) is 12.5. The Morgan fingerprint density at radius 1 is 1.19 bits per heavy atom. The first-order chi connectivity index (χ1) is 10.1. The highest BCUT2D eigenvalue weighted by Gasteiger charge is 2.19. The fourth-order valence-electron chi connectivity index (χ4n) is 2.12. The SMILES string of the molecule is O=C(Nc1ccc(Cl)c(Cl)c1)c1cccc2c1OCCN2. The second kappa shape index (κ2) is 5.84. The van der Waals surface area contributed by atoms with Gasteiger partial charge in [0, 0.05) is 12.2 Å². The van der Waals surface area contributed by atoms with Crippen molar-refractivity contribution in [2.75, 3.05) is 23.8 Å². The molecule has 0 aromatic heterocycles. The van der Waals surface area contributed by atoms with Crippen molar-refractivity contribution in [3.63, 3.8) is 0 Å². The van der Waals surface area contributed by atoms with Crippen LogP contribution in [0.4, 0.5) is 11.4 Å². The zero-order chi connectivity index (χ0) is 14.8. The average Bonchev–Trinajstić information content (AvgIpc) is 2.50. The summed E-state index contributed by atoms with van der Waals surface area (Å²) < 4.78 is 5.59. The average molecular weight is 323 g/mol. The third-order valence-corrected chi connectivity index (χ3v) is 3.84. The smallest absolute Gasteiger partial charge is 0.259 e. The van der Waals surface area contributed by atoms with Crippen LogP contribution in [0.15, 0.2) is 36.4 Å². The van der Waals surface area contributed by atoms with Gasteiger partial charge < -0.3 is 15.4 Å². The number of carbonyl (C=O) groups is 1. The standard InChI is InChI=1S/C15H12Cl2N2O2/c16-11-5-4-9(8-12(11)17)19-15(20)10-2-1-3-13-14(10)21-7-6-18-13/h1-5,8,18H,6-7H2,(H,19,20). The maximum absolute atomic E-state index is 12.4. The number of hydrogen-bond donors (Lipinski definition) is 2. The molecular weight excluding hydrogens is 311 g/mol. The molecular formula is C15H12Cl2N2O2. The summed E-state index contributed by atoms with van der Waals surface area (Å²) in [6.45, 7) is 1.26. The first-order valence-electron chi connectivity index (χ1n) is 6.41. The highest BCUT2D eigenvalue weighted by Crippen LogP contribution is 2.32. The van der Waals surface area contributed by atoms with Gasteiger partial charge in [-0.05, 0) is 30.3 Å². The van der Waals surface area contributed by atoms with Gasteiger partial charge in [-0.2, -0.15) is 0 Å². The largest absolute Gasteiger partial charge is 0.489 e. The molecule has 2 N–H and O–H groups in total. The number of hydrogen-bond acceptors (Lipinski definition) is 3. The normalized spacial score (nSPS) is 12.9. The number of ether oxygens (including phenoxy) is 1. The van der Waals surface area contributed by atoms with Gasteiger partial charge in [-0.15, -0.1) is 0 Å². The van der Waals surface area contributed by atoms with Gasteiger partial charge in [-0.1, -0.05) is 29.3 Å². The summed E-state index contributed by atoms with van der Waals surface area (Å²) in [5.74, 6) is 0.315. The van der Waals surface area contributed by atoms with Crippen LogP contribution in [0.1, 0.15) is 10.4 Å². The van der Waals surface area contributed by atoms with Gasteiger partial charge in [0.15, 0.2) is 5.75 Å². The van der Waals surface area contributed by atoms with Gasteiger partial charge >= 0.3 is 0 Å². The molecule has 0 atom stereocenters. The predicted molar refractivity (Wildman–Crippen MR) is 84.8 cm³/mol. The summed E-state index contributed by atoms with van der Waals surface area (Å²) in [6, 6.07) is 10.3. The van der Waals surface area contributed by atoms with Crippen molar-refractivity contribution < 1.29 is 9.53 Å². The van der Waals surface area contributed by atoms with E-state index in [0.29, 0.717) is 33.7 Å². The summed E-state index contributed by atoms with van der Waals surface area (Å²) in [5, 5.41) is 6.82. The van der Waals surface area contributed by atoms with Crippen LogP contribution in [0.25, 0.3) is 0 Å². The zero-order valence-electron chi connectivity index (χ0n) is 11.0. The van der Waals surface area contributed by atoms with Crippen molar-refractivity contribution in [3.8, 4) is 5.75 Å². The molecule has 0 bridgehead atoms. The minimum atomic E-state index is -0.256. The monoisotopic (exact) mass is 322 g/mol.